The third kappa shape index (κ3) is 11.9. The highest BCUT2D eigenvalue weighted by Crippen LogP contribution is 2.31. The van der Waals surface area contributed by atoms with Crippen molar-refractivity contribution in [2.75, 3.05) is 26.9 Å². The fourth-order valence-electron chi connectivity index (χ4n) is 3.05. The lowest BCUT2D eigenvalue weighted by atomic mass is 9.88. The lowest BCUT2D eigenvalue weighted by Crippen LogP contribution is -2.51. The smallest absolute Gasteiger partial charge is 0.468 e. The van der Waals surface area contributed by atoms with Gasteiger partial charge in [0.2, 0.25) is 0 Å². The number of carbonyl (C=O) groups is 4. The summed E-state index contributed by atoms with van der Waals surface area (Å²) in [6.07, 6.45) is -0.414. The van der Waals surface area contributed by atoms with Crippen LogP contribution >= 0.6 is 0 Å². The van der Waals surface area contributed by atoms with E-state index in [-0.39, 0.29) is 61.9 Å². The summed E-state index contributed by atoms with van der Waals surface area (Å²) in [5.41, 5.74) is 5.29. The first kappa shape index (κ1) is 33.7. The largest absolute Gasteiger partial charge is 0.513 e. The topological polar surface area (TPSA) is 150 Å². The molecule has 0 bridgehead atoms. The molecule has 11 nitrogen and oxygen atoms in total. The lowest BCUT2D eigenvalue weighted by molar-refractivity contribution is -0.152. The molecule has 220 valence electrons. The van der Waals surface area contributed by atoms with Crippen LogP contribution in [0.3, 0.4) is 0 Å². The summed E-state index contributed by atoms with van der Waals surface area (Å²) < 4.78 is 31.0. The Balaban J connectivity index is 3.17. The number of ether oxygens (including phenoxy) is 6. The van der Waals surface area contributed by atoms with Gasteiger partial charge in [-0.15, -0.1) is 0 Å². The summed E-state index contributed by atoms with van der Waals surface area (Å²) in [4.78, 5) is 49.0. The van der Waals surface area contributed by atoms with Gasteiger partial charge in [-0.2, -0.15) is 0 Å². The zero-order valence-corrected chi connectivity index (χ0v) is 24.1. The Hall–Kier alpha value is -3.34. The molecule has 1 aromatic rings. The third-order valence-corrected chi connectivity index (χ3v) is 6.14. The van der Waals surface area contributed by atoms with Gasteiger partial charge >= 0.3 is 24.2 Å². The van der Waals surface area contributed by atoms with Gasteiger partial charge in [0.15, 0.2) is 11.5 Å². The Morgan fingerprint density at radius 3 is 1.87 bits per heavy atom. The van der Waals surface area contributed by atoms with Crippen molar-refractivity contribution in [3.63, 3.8) is 0 Å². The Morgan fingerprint density at radius 2 is 1.38 bits per heavy atom. The van der Waals surface area contributed by atoms with E-state index in [1.54, 1.807) is 19.9 Å². The summed E-state index contributed by atoms with van der Waals surface area (Å²) in [7, 11) is 1.20. The van der Waals surface area contributed by atoms with Crippen molar-refractivity contribution in [1.82, 2.24) is 0 Å². The van der Waals surface area contributed by atoms with E-state index in [0.717, 1.165) is 12.8 Å². The first-order valence-corrected chi connectivity index (χ1v) is 13.2. The van der Waals surface area contributed by atoms with Gasteiger partial charge in [0.1, 0.15) is 5.54 Å². The highest BCUT2D eigenvalue weighted by atomic mass is 16.7. The van der Waals surface area contributed by atoms with Crippen LogP contribution in [0.15, 0.2) is 18.2 Å². The molecule has 0 radical (unpaired) electrons. The Bertz CT molecular complexity index is 964. The first-order chi connectivity index (χ1) is 18.3. The molecular weight excluding hydrogens is 510 g/mol. The van der Waals surface area contributed by atoms with Crippen molar-refractivity contribution in [3.05, 3.63) is 23.8 Å². The van der Waals surface area contributed by atoms with Crippen molar-refractivity contribution in [2.24, 2.45) is 23.5 Å². The van der Waals surface area contributed by atoms with Gasteiger partial charge in [-0.05, 0) is 29.5 Å². The number of hydrogen-bond donors (Lipinski definition) is 1. The monoisotopic (exact) mass is 553 g/mol. The Kier molecular flexibility index (Phi) is 14.3. The average molecular weight is 554 g/mol. The summed E-state index contributed by atoms with van der Waals surface area (Å²) in [5, 5.41) is 0. The predicted molar refractivity (Wildman–Crippen MR) is 142 cm³/mol. The van der Waals surface area contributed by atoms with E-state index < -0.39 is 29.8 Å². The molecular formula is C28H43NO10. The van der Waals surface area contributed by atoms with Gasteiger partial charge in [-0.1, -0.05) is 60.5 Å². The van der Waals surface area contributed by atoms with E-state index in [0.29, 0.717) is 5.56 Å². The summed E-state index contributed by atoms with van der Waals surface area (Å²) in [6, 6.07) is 4.36. The van der Waals surface area contributed by atoms with Crippen molar-refractivity contribution in [3.8, 4) is 11.5 Å². The maximum atomic E-state index is 12.6. The maximum absolute atomic E-state index is 12.6. The second-order valence-electron chi connectivity index (χ2n) is 10.0. The molecule has 1 rings (SSSR count). The third-order valence-electron chi connectivity index (χ3n) is 6.14. The van der Waals surface area contributed by atoms with Crippen LogP contribution in [0, 0.1) is 17.8 Å². The molecule has 0 fully saturated rings. The number of benzene rings is 1. The zero-order valence-electron chi connectivity index (χ0n) is 24.1. The molecule has 0 aromatic heterocycles. The van der Waals surface area contributed by atoms with Crippen molar-refractivity contribution in [2.45, 2.75) is 72.8 Å². The quantitative estimate of drug-likeness (QED) is 0.181. The standard InChI is InChI=1S/C28H43NO10/c1-8-19(5)16-36-26(32)38-22-11-10-21(14-23(22)39-27(33)37-17-20(6)9-2)15-28(29,25(31)34-7)12-13-35-24(30)18(3)4/h10-11,14,18-20H,8-9,12-13,15-17,29H2,1-7H3. The maximum Gasteiger partial charge on any atom is 0.513 e. The van der Waals surface area contributed by atoms with Crippen LogP contribution in [0.5, 0.6) is 11.5 Å². The minimum atomic E-state index is -1.56. The molecule has 3 unspecified atom stereocenters. The normalized spacial score (nSPS) is 14.0. The molecule has 3 atom stereocenters. The van der Waals surface area contributed by atoms with Gasteiger partial charge in [-0.25, -0.2) is 9.59 Å². The molecule has 0 heterocycles. The summed E-state index contributed by atoms with van der Waals surface area (Å²) in [5.74, 6) is -1.41. The van der Waals surface area contributed by atoms with E-state index in [1.807, 2.05) is 27.7 Å². The molecule has 0 amide bonds. The second kappa shape index (κ2) is 16.6. The highest BCUT2D eigenvalue weighted by molar-refractivity contribution is 5.81. The van der Waals surface area contributed by atoms with Gasteiger partial charge in [0, 0.05) is 12.8 Å². The molecule has 11 heteroatoms. The highest BCUT2D eigenvalue weighted by Gasteiger charge is 2.36. The molecule has 0 spiro atoms. The molecule has 0 aliphatic heterocycles. The Morgan fingerprint density at radius 1 is 0.846 bits per heavy atom. The molecule has 0 saturated heterocycles. The van der Waals surface area contributed by atoms with E-state index >= 15 is 0 Å². The van der Waals surface area contributed by atoms with Crippen LogP contribution in [0.4, 0.5) is 9.59 Å². The van der Waals surface area contributed by atoms with Crippen LogP contribution in [0.2, 0.25) is 0 Å². The first-order valence-electron chi connectivity index (χ1n) is 13.2. The van der Waals surface area contributed by atoms with Gasteiger partial charge < -0.3 is 34.2 Å². The lowest BCUT2D eigenvalue weighted by Gasteiger charge is -2.27. The van der Waals surface area contributed by atoms with Gasteiger partial charge in [0.05, 0.1) is 32.8 Å². The fraction of sp³-hybridized carbons (Fsp3) is 0.643. The number of methoxy groups -OCH3 is 1. The molecule has 0 saturated carbocycles. The second-order valence-corrected chi connectivity index (χ2v) is 10.0. The number of carbonyl (C=O) groups excluding carboxylic acids is 4. The van der Waals surface area contributed by atoms with Gasteiger partial charge in [0.25, 0.3) is 0 Å². The molecule has 2 N–H and O–H groups in total. The van der Waals surface area contributed by atoms with E-state index in [9.17, 15) is 19.2 Å². The molecule has 1 aromatic carbocycles. The van der Waals surface area contributed by atoms with Crippen molar-refractivity contribution >= 4 is 24.2 Å². The average Bonchev–Trinajstić information content (AvgIpc) is 2.90. The number of esters is 2. The number of hydrogen-bond acceptors (Lipinski definition) is 11. The van der Waals surface area contributed by atoms with Crippen LogP contribution < -0.4 is 15.2 Å². The zero-order chi connectivity index (χ0) is 29.6. The minimum absolute atomic E-state index is 0.0224. The van der Waals surface area contributed by atoms with Crippen molar-refractivity contribution < 1.29 is 47.6 Å². The molecule has 0 aliphatic carbocycles. The van der Waals surface area contributed by atoms with E-state index in [2.05, 4.69) is 0 Å². The van der Waals surface area contributed by atoms with E-state index in [4.69, 9.17) is 34.2 Å². The fourth-order valence-corrected chi connectivity index (χ4v) is 3.05. The number of rotatable bonds is 15. The van der Waals surface area contributed by atoms with Crippen LogP contribution in [-0.4, -0.2) is 56.7 Å². The summed E-state index contributed by atoms with van der Waals surface area (Å²) in [6.45, 7) is 11.4. The van der Waals surface area contributed by atoms with Gasteiger partial charge in [-0.3, -0.25) is 9.59 Å². The van der Waals surface area contributed by atoms with E-state index in [1.165, 1.54) is 19.2 Å². The summed E-state index contributed by atoms with van der Waals surface area (Å²) >= 11 is 0. The SMILES string of the molecule is CCC(C)COC(=O)Oc1ccc(CC(N)(CCOC(=O)C(C)C)C(=O)OC)cc1OC(=O)OCC(C)CC. The minimum Gasteiger partial charge on any atom is -0.468 e. The van der Waals surface area contributed by atoms with Crippen molar-refractivity contribution in [1.29, 1.82) is 0 Å². The molecule has 0 aliphatic rings. The number of nitrogens with two attached hydrogens (primary N) is 1. The predicted octanol–water partition coefficient (Wildman–Crippen LogP) is 4.81. The molecule has 39 heavy (non-hydrogen) atoms. The van der Waals surface area contributed by atoms with Crippen LogP contribution in [-0.2, 0) is 35.0 Å². The van der Waals surface area contributed by atoms with Crippen LogP contribution in [0.1, 0.15) is 66.4 Å². The Labute approximate surface area is 230 Å². The van der Waals surface area contributed by atoms with Crippen LogP contribution in [0.25, 0.3) is 0 Å².